The van der Waals surface area contributed by atoms with Crippen LogP contribution in [0, 0.1) is 0 Å². The van der Waals surface area contributed by atoms with Gasteiger partial charge in [0.1, 0.15) is 0 Å². The molecule has 1 atom stereocenters. The van der Waals surface area contributed by atoms with Crippen LogP contribution >= 0.6 is 0 Å². The Balaban J connectivity index is 2.24. The minimum atomic E-state index is -4.87. The monoisotopic (exact) mass is 343 g/mol. The fourth-order valence-electron chi connectivity index (χ4n) is 3.01. The first-order valence-corrected chi connectivity index (χ1v) is 8.57. The van der Waals surface area contributed by atoms with Crippen LogP contribution in [0.3, 0.4) is 0 Å². The third-order valence-electron chi connectivity index (χ3n) is 4.31. The molecule has 1 unspecified atom stereocenters. The van der Waals surface area contributed by atoms with Gasteiger partial charge in [0.15, 0.2) is 0 Å². The molecule has 6 nitrogen and oxygen atoms in total. The maximum Gasteiger partial charge on any atom is 0.332 e. The first-order chi connectivity index (χ1) is 10.4. The number of carbonyl (C=O) groups is 1. The second-order valence-electron chi connectivity index (χ2n) is 6.96. The summed E-state index contributed by atoms with van der Waals surface area (Å²) in [5.41, 5.74) is -1.39. The fraction of sp³-hybridized carbons (Fsp3) is 0.533. The van der Waals surface area contributed by atoms with Crippen molar-refractivity contribution >= 4 is 16.1 Å². The van der Waals surface area contributed by atoms with E-state index in [-0.39, 0.29) is 5.56 Å². The van der Waals surface area contributed by atoms with Gasteiger partial charge >= 0.3 is 10.2 Å². The van der Waals surface area contributed by atoms with E-state index in [2.05, 4.69) is 5.32 Å². The van der Waals surface area contributed by atoms with Crippen LogP contribution in [0.4, 0.5) is 3.89 Å². The Morgan fingerprint density at radius 3 is 2.39 bits per heavy atom. The van der Waals surface area contributed by atoms with Gasteiger partial charge in [-0.05, 0) is 52.3 Å². The maximum atomic E-state index is 13.0. The van der Waals surface area contributed by atoms with E-state index in [0.717, 1.165) is 17.2 Å². The molecule has 1 amide bonds. The van der Waals surface area contributed by atoms with Gasteiger partial charge < -0.3 is 5.32 Å². The van der Waals surface area contributed by atoms with Crippen LogP contribution in [-0.4, -0.2) is 36.5 Å². The molecule has 1 fully saturated rings. The normalized spacial score (nSPS) is 23.7. The SMILES string of the molecule is CC1(C)CC(NC(=O)c2cccc(S(=O)(=O)F)c2)C(C)(C)N1[O]. The largest absolute Gasteiger partial charge is 0.347 e. The van der Waals surface area contributed by atoms with Crippen molar-refractivity contribution in [3.63, 3.8) is 0 Å². The Morgan fingerprint density at radius 1 is 1.30 bits per heavy atom. The van der Waals surface area contributed by atoms with Crippen molar-refractivity contribution < 1.29 is 22.3 Å². The molecule has 2 rings (SSSR count). The van der Waals surface area contributed by atoms with Gasteiger partial charge in [0.2, 0.25) is 0 Å². The van der Waals surface area contributed by atoms with Crippen LogP contribution < -0.4 is 5.32 Å². The molecule has 1 radical (unpaired) electrons. The zero-order valence-electron chi connectivity index (χ0n) is 13.5. The summed E-state index contributed by atoms with van der Waals surface area (Å²) in [5.74, 6) is -0.542. The molecule has 23 heavy (non-hydrogen) atoms. The lowest BCUT2D eigenvalue weighted by molar-refractivity contribution is -0.246. The first-order valence-electron chi connectivity index (χ1n) is 7.19. The lowest BCUT2D eigenvalue weighted by Crippen LogP contribution is -2.52. The first kappa shape index (κ1) is 17.8. The standard InChI is InChI=1S/C15H20FN2O4S/c1-14(2)9-12(15(3,4)18(14)20)17-13(19)10-6-5-7-11(8-10)23(16,21)22/h5-8,12H,9H2,1-4H3,(H,17,19). The zero-order chi connectivity index (χ0) is 17.6. The van der Waals surface area contributed by atoms with Crippen LogP contribution in [0.2, 0.25) is 0 Å². The summed E-state index contributed by atoms with van der Waals surface area (Å²) in [7, 11) is -4.87. The van der Waals surface area contributed by atoms with Crippen molar-refractivity contribution in [1.29, 1.82) is 0 Å². The van der Waals surface area contributed by atoms with Crippen molar-refractivity contribution in [2.24, 2.45) is 0 Å². The van der Waals surface area contributed by atoms with Crippen LogP contribution in [0.25, 0.3) is 0 Å². The molecule has 0 bridgehead atoms. The molecule has 1 aliphatic heterocycles. The summed E-state index contributed by atoms with van der Waals surface area (Å²) >= 11 is 0. The Bertz CT molecular complexity index is 731. The summed E-state index contributed by atoms with van der Waals surface area (Å²) in [6.07, 6.45) is 0.455. The fourth-order valence-corrected chi connectivity index (χ4v) is 3.52. The van der Waals surface area contributed by atoms with Crippen LogP contribution in [0.15, 0.2) is 29.2 Å². The molecule has 0 aromatic heterocycles. The van der Waals surface area contributed by atoms with E-state index < -0.39 is 38.1 Å². The summed E-state index contributed by atoms with van der Waals surface area (Å²) < 4.78 is 34.9. The lowest BCUT2D eigenvalue weighted by atomic mass is 9.94. The van der Waals surface area contributed by atoms with E-state index in [9.17, 15) is 22.3 Å². The van der Waals surface area contributed by atoms with E-state index in [1.54, 1.807) is 27.7 Å². The maximum absolute atomic E-state index is 13.0. The number of rotatable bonds is 3. The number of carbonyl (C=O) groups excluding carboxylic acids is 1. The molecule has 0 saturated carbocycles. The summed E-state index contributed by atoms with van der Waals surface area (Å²) in [5, 5.41) is 16.0. The van der Waals surface area contributed by atoms with Crippen LogP contribution in [0.5, 0.6) is 0 Å². The Morgan fingerprint density at radius 2 is 1.91 bits per heavy atom. The minimum absolute atomic E-state index is 0.0293. The van der Waals surface area contributed by atoms with Crippen molar-refractivity contribution in [3.8, 4) is 0 Å². The van der Waals surface area contributed by atoms with E-state index >= 15 is 0 Å². The number of nitrogens with one attached hydrogen (secondary N) is 1. The van der Waals surface area contributed by atoms with Gasteiger partial charge in [-0.25, -0.2) is 0 Å². The van der Waals surface area contributed by atoms with Gasteiger partial charge in [-0.2, -0.15) is 8.42 Å². The minimum Gasteiger partial charge on any atom is -0.347 e. The number of hydrogen-bond acceptors (Lipinski definition) is 4. The number of nitrogens with zero attached hydrogens (tertiary/aromatic N) is 1. The highest BCUT2D eigenvalue weighted by molar-refractivity contribution is 7.86. The average molecular weight is 343 g/mol. The number of benzene rings is 1. The predicted molar refractivity (Wildman–Crippen MR) is 81.3 cm³/mol. The highest BCUT2D eigenvalue weighted by Gasteiger charge is 2.52. The lowest BCUT2D eigenvalue weighted by Gasteiger charge is -2.33. The smallest absolute Gasteiger partial charge is 0.332 e. The van der Waals surface area contributed by atoms with Gasteiger partial charge in [-0.1, -0.05) is 6.07 Å². The van der Waals surface area contributed by atoms with Crippen molar-refractivity contribution in [2.75, 3.05) is 0 Å². The average Bonchev–Trinajstić information content (AvgIpc) is 2.58. The van der Waals surface area contributed by atoms with Gasteiger partial charge in [-0.15, -0.1) is 14.2 Å². The molecule has 0 spiro atoms. The number of hydroxylamine groups is 2. The molecule has 127 valence electrons. The van der Waals surface area contributed by atoms with Crippen LogP contribution in [-0.2, 0) is 15.4 Å². The van der Waals surface area contributed by atoms with Crippen LogP contribution in [0.1, 0.15) is 44.5 Å². The molecule has 0 aliphatic carbocycles. The number of halogens is 1. The second-order valence-corrected chi connectivity index (χ2v) is 8.30. The molecule has 1 saturated heterocycles. The quantitative estimate of drug-likeness (QED) is 0.851. The van der Waals surface area contributed by atoms with E-state index in [1.807, 2.05) is 0 Å². The summed E-state index contributed by atoms with van der Waals surface area (Å²) in [4.78, 5) is 11.8. The van der Waals surface area contributed by atoms with E-state index in [0.29, 0.717) is 6.42 Å². The van der Waals surface area contributed by atoms with Gasteiger partial charge in [0.05, 0.1) is 16.5 Å². The molecule has 1 aliphatic rings. The second kappa shape index (κ2) is 5.54. The number of hydrogen-bond donors (Lipinski definition) is 1. The van der Waals surface area contributed by atoms with Crippen molar-refractivity contribution in [2.45, 2.75) is 56.1 Å². The highest BCUT2D eigenvalue weighted by Crippen LogP contribution is 2.39. The molecule has 1 N–H and O–H groups in total. The predicted octanol–water partition coefficient (Wildman–Crippen LogP) is 2.05. The summed E-state index contributed by atoms with van der Waals surface area (Å²) in [6.45, 7) is 7.07. The van der Waals surface area contributed by atoms with Crippen molar-refractivity contribution in [1.82, 2.24) is 10.4 Å². The van der Waals surface area contributed by atoms with Crippen molar-refractivity contribution in [3.05, 3.63) is 29.8 Å². The molecule has 8 heteroatoms. The zero-order valence-corrected chi connectivity index (χ0v) is 14.3. The van der Waals surface area contributed by atoms with Gasteiger partial charge in [0.25, 0.3) is 5.91 Å². The molecule has 1 aromatic rings. The molecule has 1 aromatic carbocycles. The number of amides is 1. The Kier molecular flexibility index (Phi) is 4.29. The molecular weight excluding hydrogens is 323 g/mol. The topological polar surface area (TPSA) is 86.4 Å². The van der Waals surface area contributed by atoms with Gasteiger partial charge in [0, 0.05) is 11.1 Å². The Labute approximate surface area is 135 Å². The Hall–Kier alpha value is -1.51. The van der Waals surface area contributed by atoms with E-state index in [4.69, 9.17) is 0 Å². The summed E-state index contributed by atoms with van der Waals surface area (Å²) in [6, 6.07) is 4.34. The highest BCUT2D eigenvalue weighted by atomic mass is 32.3. The molecule has 1 heterocycles. The van der Waals surface area contributed by atoms with E-state index in [1.165, 1.54) is 12.1 Å². The third kappa shape index (κ3) is 3.39. The van der Waals surface area contributed by atoms with Gasteiger partial charge in [-0.3, -0.25) is 4.79 Å². The molecular formula is C15H20FN2O4S. The third-order valence-corrected chi connectivity index (χ3v) is 5.13.